The van der Waals surface area contributed by atoms with E-state index >= 15 is 0 Å². The Hall–Kier alpha value is -0.940. The van der Waals surface area contributed by atoms with Gasteiger partial charge in [-0.15, -0.1) is 11.3 Å². The first-order valence-electron chi connectivity index (χ1n) is 6.58. The Labute approximate surface area is 113 Å². The van der Waals surface area contributed by atoms with E-state index in [0.29, 0.717) is 12.6 Å². The summed E-state index contributed by atoms with van der Waals surface area (Å²) in [5.41, 5.74) is 1.02. The third kappa shape index (κ3) is 4.07. The van der Waals surface area contributed by atoms with Crippen molar-refractivity contribution in [3.63, 3.8) is 0 Å². The van der Waals surface area contributed by atoms with Crippen molar-refractivity contribution >= 4 is 22.4 Å². The van der Waals surface area contributed by atoms with Gasteiger partial charge in [0.25, 0.3) is 0 Å². The van der Waals surface area contributed by atoms with E-state index in [1.165, 1.54) is 11.3 Å². The summed E-state index contributed by atoms with van der Waals surface area (Å²) >= 11 is 1.53. The first-order valence-corrected chi connectivity index (χ1v) is 7.46. The average Bonchev–Trinajstić information content (AvgIpc) is 2.79. The minimum absolute atomic E-state index is 0.0475. The number of hydrogen-bond donors (Lipinski definition) is 1. The molecule has 5 heteroatoms. The molecular formula is C13H23N3OS. The molecule has 0 atom stereocenters. The second-order valence-electron chi connectivity index (χ2n) is 4.28. The molecule has 0 unspecified atom stereocenters. The fraction of sp³-hybridized carbons (Fsp3) is 0.692. The fourth-order valence-corrected chi connectivity index (χ4v) is 2.75. The van der Waals surface area contributed by atoms with Gasteiger partial charge in [-0.05, 0) is 19.8 Å². The second-order valence-corrected chi connectivity index (χ2v) is 5.12. The van der Waals surface area contributed by atoms with E-state index in [9.17, 15) is 4.79 Å². The van der Waals surface area contributed by atoms with E-state index in [1.807, 2.05) is 12.3 Å². The van der Waals surface area contributed by atoms with Gasteiger partial charge in [-0.1, -0.05) is 13.8 Å². The molecule has 102 valence electrons. The summed E-state index contributed by atoms with van der Waals surface area (Å²) in [5.74, 6) is 0.0475. The number of carbonyl (C=O) groups excluding carboxylic acids is 1. The zero-order valence-corrected chi connectivity index (χ0v) is 12.5. The maximum atomic E-state index is 11.4. The normalized spacial score (nSPS) is 10.9. The van der Waals surface area contributed by atoms with E-state index in [1.54, 1.807) is 11.8 Å². The Balaban J connectivity index is 2.60. The Morgan fingerprint density at radius 3 is 2.61 bits per heavy atom. The molecule has 0 aliphatic carbocycles. The number of rotatable bonds is 7. The summed E-state index contributed by atoms with van der Waals surface area (Å²) in [4.78, 5) is 17.6. The van der Waals surface area contributed by atoms with E-state index in [4.69, 9.17) is 0 Å². The topological polar surface area (TPSA) is 45.2 Å². The van der Waals surface area contributed by atoms with Gasteiger partial charge in [-0.2, -0.15) is 0 Å². The highest BCUT2D eigenvalue weighted by atomic mass is 32.1. The molecule has 0 bridgehead atoms. The van der Waals surface area contributed by atoms with Crippen molar-refractivity contribution < 1.29 is 4.79 Å². The lowest BCUT2D eigenvalue weighted by atomic mass is 10.2. The van der Waals surface area contributed by atoms with Crippen LogP contribution in [0.25, 0.3) is 0 Å². The number of amides is 1. The maximum Gasteiger partial charge on any atom is 0.225 e. The SMILES string of the molecule is CCC(CC)NCc1csc(N(CC)C(C)=O)n1. The molecule has 1 heterocycles. The molecule has 1 aromatic rings. The van der Waals surface area contributed by atoms with Crippen molar-refractivity contribution in [3.8, 4) is 0 Å². The highest BCUT2D eigenvalue weighted by molar-refractivity contribution is 7.14. The number of nitrogens with zero attached hydrogens (tertiary/aromatic N) is 2. The minimum Gasteiger partial charge on any atom is -0.308 e. The monoisotopic (exact) mass is 269 g/mol. The van der Waals surface area contributed by atoms with Crippen molar-refractivity contribution in [3.05, 3.63) is 11.1 Å². The molecule has 1 amide bonds. The maximum absolute atomic E-state index is 11.4. The summed E-state index contributed by atoms with van der Waals surface area (Å²) in [6.07, 6.45) is 2.25. The molecule has 0 fully saturated rings. The predicted octanol–water partition coefficient (Wildman–Crippen LogP) is 2.79. The van der Waals surface area contributed by atoms with Gasteiger partial charge in [0.2, 0.25) is 5.91 Å². The van der Waals surface area contributed by atoms with Crippen LogP contribution in [0.3, 0.4) is 0 Å². The van der Waals surface area contributed by atoms with Gasteiger partial charge in [0.15, 0.2) is 5.13 Å². The molecule has 0 aliphatic heterocycles. The number of carbonyl (C=O) groups is 1. The zero-order valence-electron chi connectivity index (χ0n) is 11.7. The number of aromatic nitrogens is 1. The zero-order chi connectivity index (χ0) is 13.5. The van der Waals surface area contributed by atoms with Gasteiger partial charge in [-0.3, -0.25) is 9.69 Å². The third-order valence-electron chi connectivity index (χ3n) is 3.02. The molecule has 0 saturated heterocycles. The Morgan fingerprint density at radius 2 is 2.11 bits per heavy atom. The minimum atomic E-state index is 0.0475. The average molecular weight is 269 g/mol. The molecule has 1 rings (SSSR count). The Kier molecular flexibility index (Phi) is 6.29. The summed E-state index contributed by atoms with van der Waals surface area (Å²) in [5, 5.41) is 6.30. The van der Waals surface area contributed by atoms with Crippen molar-refractivity contribution in [1.29, 1.82) is 0 Å². The first kappa shape index (κ1) is 15.1. The lowest BCUT2D eigenvalue weighted by molar-refractivity contribution is -0.116. The van der Waals surface area contributed by atoms with Crippen LogP contribution in [0.1, 0.15) is 46.2 Å². The van der Waals surface area contributed by atoms with E-state index in [2.05, 4.69) is 24.1 Å². The molecule has 0 spiro atoms. The van der Waals surface area contributed by atoms with Crippen LogP contribution in [-0.2, 0) is 11.3 Å². The van der Waals surface area contributed by atoms with Gasteiger partial charge < -0.3 is 5.32 Å². The van der Waals surface area contributed by atoms with Crippen LogP contribution >= 0.6 is 11.3 Å². The van der Waals surface area contributed by atoms with Crippen LogP contribution in [0.15, 0.2) is 5.38 Å². The smallest absolute Gasteiger partial charge is 0.225 e. The highest BCUT2D eigenvalue weighted by Crippen LogP contribution is 2.20. The standard InChI is InChI=1S/C13H23N3OS/c1-5-11(6-2)14-8-12-9-18-13(15-12)16(7-3)10(4)17/h9,11,14H,5-8H2,1-4H3. The predicted molar refractivity (Wildman–Crippen MR) is 77.0 cm³/mol. The molecule has 0 aliphatic rings. The lowest BCUT2D eigenvalue weighted by Gasteiger charge is -2.15. The highest BCUT2D eigenvalue weighted by Gasteiger charge is 2.13. The summed E-state index contributed by atoms with van der Waals surface area (Å²) in [6, 6.07) is 0.547. The quantitative estimate of drug-likeness (QED) is 0.828. The van der Waals surface area contributed by atoms with Crippen LogP contribution in [0, 0.1) is 0 Å². The first-order chi connectivity index (χ1) is 8.62. The Bertz CT molecular complexity index is 374. The van der Waals surface area contributed by atoms with E-state index in [-0.39, 0.29) is 5.91 Å². The Morgan fingerprint density at radius 1 is 1.44 bits per heavy atom. The summed E-state index contributed by atoms with van der Waals surface area (Å²) in [7, 11) is 0. The van der Waals surface area contributed by atoms with Crippen molar-refractivity contribution in [2.24, 2.45) is 0 Å². The molecule has 1 N–H and O–H groups in total. The molecule has 4 nitrogen and oxygen atoms in total. The van der Waals surface area contributed by atoms with Gasteiger partial charge >= 0.3 is 0 Å². The van der Waals surface area contributed by atoms with E-state index in [0.717, 1.165) is 30.2 Å². The molecule has 0 saturated carbocycles. The van der Waals surface area contributed by atoms with Gasteiger partial charge in [-0.25, -0.2) is 4.98 Å². The summed E-state index contributed by atoms with van der Waals surface area (Å²) < 4.78 is 0. The third-order valence-corrected chi connectivity index (χ3v) is 3.94. The molecule has 1 aromatic heterocycles. The number of hydrogen-bond acceptors (Lipinski definition) is 4. The van der Waals surface area contributed by atoms with E-state index < -0.39 is 0 Å². The van der Waals surface area contributed by atoms with Crippen LogP contribution in [0.4, 0.5) is 5.13 Å². The number of thiazole rings is 1. The summed E-state index contributed by atoms with van der Waals surface area (Å²) in [6.45, 7) is 9.35. The fourth-order valence-electron chi connectivity index (χ4n) is 1.82. The van der Waals surface area contributed by atoms with Crippen molar-refractivity contribution in [2.45, 2.75) is 53.1 Å². The number of nitrogens with one attached hydrogen (secondary N) is 1. The van der Waals surface area contributed by atoms with Crippen molar-refractivity contribution in [2.75, 3.05) is 11.4 Å². The second kappa shape index (κ2) is 7.48. The molecular weight excluding hydrogens is 246 g/mol. The van der Waals surface area contributed by atoms with Gasteiger partial charge in [0.05, 0.1) is 5.69 Å². The van der Waals surface area contributed by atoms with Crippen LogP contribution in [-0.4, -0.2) is 23.5 Å². The molecule has 0 aromatic carbocycles. The van der Waals surface area contributed by atoms with Crippen LogP contribution in [0.2, 0.25) is 0 Å². The van der Waals surface area contributed by atoms with Crippen LogP contribution in [0.5, 0.6) is 0 Å². The lowest BCUT2D eigenvalue weighted by Crippen LogP contribution is -2.28. The number of anilines is 1. The van der Waals surface area contributed by atoms with Crippen LogP contribution < -0.4 is 10.2 Å². The largest absolute Gasteiger partial charge is 0.308 e. The van der Waals surface area contributed by atoms with Gasteiger partial charge in [0.1, 0.15) is 0 Å². The van der Waals surface area contributed by atoms with Crippen molar-refractivity contribution in [1.82, 2.24) is 10.3 Å². The van der Waals surface area contributed by atoms with Gasteiger partial charge in [0, 0.05) is 31.4 Å². The molecule has 0 radical (unpaired) electrons. The molecule has 18 heavy (non-hydrogen) atoms.